The molecule has 0 spiro atoms. The quantitative estimate of drug-likeness (QED) is 0.425. The van der Waals surface area contributed by atoms with Crippen molar-refractivity contribution in [1.82, 2.24) is 4.90 Å². The highest BCUT2D eigenvalue weighted by molar-refractivity contribution is 4.53. The normalized spacial score (nSPS) is 37.9. The molecule has 1 atom stereocenters. The van der Waals surface area contributed by atoms with Crippen molar-refractivity contribution in [2.45, 2.75) is 0 Å². The molecule has 7 heavy (non-hydrogen) atoms. The van der Waals surface area contributed by atoms with Crippen LogP contribution in [0.2, 0.25) is 0 Å². The van der Waals surface area contributed by atoms with Crippen LogP contribution in [0.25, 0.3) is 0 Å². The van der Waals surface area contributed by atoms with Gasteiger partial charge in [0.1, 0.15) is 0 Å². The highest BCUT2D eigenvalue weighted by atomic mass is 16.5. The first-order valence-electron chi connectivity index (χ1n) is 3.08. The fourth-order valence-electron chi connectivity index (χ4n) is 0.563. The first kappa shape index (κ1) is 3.87. The van der Waals surface area contributed by atoms with E-state index in [1.807, 2.05) is 11.9 Å². The minimum atomic E-state index is -0.135. The predicted molar refractivity (Wildman–Crippen MR) is 28.3 cm³/mol. The highest BCUT2D eigenvalue weighted by Gasteiger charge is 2.02. The molecule has 2 nitrogen and oxygen atoms in total. The molecule has 0 radical (unpaired) electrons. The molecule has 0 aromatic rings. The fraction of sp³-hybridized carbons (Fsp3) is 1.00. The van der Waals surface area contributed by atoms with Crippen molar-refractivity contribution >= 4 is 0 Å². The summed E-state index contributed by atoms with van der Waals surface area (Å²) in [6.07, 6.45) is 0. The summed E-state index contributed by atoms with van der Waals surface area (Å²) in [4.78, 5) is 1.98. The Kier molecular flexibility index (Phi) is 1.26. The molecule has 1 heterocycles. The number of nitrogens with zero attached hydrogens (tertiary/aromatic N) is 1. The minimum absolute atomic E-state index is 0.135. The lowest BCUT2D eigenvalue weighted by atomic mass is 10.5. The van der Waals surface area contributed by atoms with Gasteiger partial charge in [-0.25, -0.2) is 0 Å². The standard InChI is InChI=1S/C5H11NO/c1-6-2-4-7-5-3-6/h2-5H2,1H3/i2D. The van der Waals surface area contributed by atoms with Gasteiger partial charge in [0.15, 0.2) is 0 Å². The van der Waals surface area contributed by atoms with Crippen molar-refractivity contribution in [2.75, 3.05) is 33.3 Å². The fourth-order valence-corrected chi connectivity index (χ4v) is 0.563. The Bertz CT molecular complexity index is 68.8. The van der Waals surface area contributed by atoms with Crippen molar-refractivity contribution in [3.8, 4) is 0 Å². The van der Waals surface area contributed by atoms with E-state index >= 15 is 0 Å². The van der Waals surface area contributed by atoms with Crippen LogP contribution in [0, 0.1) is 0 Å². The third-order valence-electron chi connectivity index (χ3n) is 1.09. The van der Waals surface area contributed by atoms with Crippen molar-refractivity contribution in [2.24, 2.45) is 0 Å². The van der Waals surface area contributed by atoms with Crippen LogP contribution in [-0.2, 0) is 4.74 Å². The van der Waals surface area contributed by atoms with Crippen molar-refractivity contribution in [1.29, 1.82) is 0 Å². The molecular weight excluding hydrogens is 90.1 g/mol. The van der Waals surface area contributed by atoms with Gasteiger partial charge in [-0.1, -0.05) is 0 Å². The van der Waals surface area contributed by atoms with E-state index in [1.165, 1.54) is 0 Å². The summed E-state index contributed by atoms with van der Waals surface area (Å²) in [5.41, 5.74) is 0. The molecule has 1 saturated heterocycles. The summed E-state index contributed by atoms with van der Waals surface area (Å²) in [6, 6.07) is 0. The average Bonchev–Trinajstić information content (AvgIpc) is 1.77. The Balaban J connectivity index is 2.28. The average molecular weight is 102 g/mol. The zero-order valence-electron chi connectivity index (χ0n) is 5.55. The van der Waals surface area contributed by atoms with Gasteiger partial charge >= 0.3 is 0 Å². The molecule has 0 aromatic carbocycles. The SMILES string of the molecule is [2H]C1COCCN1C. The van der Waals surface area contributed by atoms with Crippen molar-refractivity contribution < 1.29 is 6.11 Å². The van der Waals surface area contributed by atoms with E-state index in [9.17, 15) is 0 Å². The summed E-state index contributed by atoms with van der Waals surface area (Å²) in [6.45, 7) is 2.11. The predicted octanol–water partition coefficient (Wildman–Crippen LogP) is -0.0516. The molecule has 0 N–H and O–H groups in total. The molecule has 0 aliphatic carbocycles. The van der Waals surface area contributed by atoms with Crippen LogP contribution in [0.3, 0.4) is 0 Å². The summed E-state index contributed by atoms with van der Waals surface area (Å²) in [5.74, 6) is 0. The van der Waals surface area contributed by atoms with Gasteiger partial charge in [-0.05, 0) is 7.05 Å². The Labute approximate surface area is 45.5 Å². The molecule has 1 fully saturated rings. The molecule has 1 aliphatic heterocycles. The molecular formula is C5H11NO. The van der Waals surface area contributed by atoms with E-state index in [-0.39, 0.29) is 6.52 Å². The van der Waals surface area contributed by atoms with Gasteiger partial charge in [0, 0.05) is 14.4 Å². The highest BCUT2D eigenvalue weighted by Crippen LogP contribution is 1.89. The van der Waals surface area contributed by atoms with Gasteiger partial charge in [-0.15, -0.1) is 0 Å². The van der Waals surface area contributed by atoms with Crippen LogP contribution < -0.4 is 0 Å². The van der Waals surface area contributed by atoms with E-state index in [0.29, 0.717) is 6.61 Å². The molecule has 0 bridgehead atoms. The number of hydrogen-bond acceptors (Lipinski definition) is 2. The van der Waals surface area contributed by atoms with Crippen LogP contribution in [-0.4, -0.2) is 38.2 Å². The lowest BCUT2D eigenvalue weighted by molar-refractivity contribution is 0.0503. The molecule has 42 valence electrons. The van der Waals surface area contributed by atoms with Crippen LogP contribution in [0.5, 0.6) is 0 Å². The Morgan fingerprint density at radius 1 is 1.71 bits per heavy atom. The molecule has 0 amide bonds. The van der Waals surface area contributed by atoms with Crippen molar-refractivity contribution in [3.05, 3.63) is 0 Å². The summed E-state index contributed by atoms with van der Waals surface area (Å²) in [5, 5.41) is 0. The molecule has 0 aromatic heterocycles. The van der Waals surface area contributed by atoms with Gasteiger partial charge in [0.2, 0.25) is 0 Å². The lowest BCUT2D eigenvalue weighted by Crippen LogP contribution is -2.32. The second-order valence-electron chi connectivity index (χ2n) is 1.74. The summed E-state index contributed by atoms with van der Waals surface area (Å²) < 4.78 is 12.3. The summed E-state index contributed by atoms with van der Waals surface area (Å²) in [7, 11) is 1.94. The van der Waals surface area contributed by atoms with Gasteiger partial charge in [-0.3, -0.25) is 0 Å². The Morgan fingerprint density at radius 3 is 3.00 bits per heavy atom. The van der Waals surface area contributed by atoms with Crippen LogP contribution >= 0.6 is 0 Å². The van der Waals surface area contributed by atoms with Crippen LogP contribution in [0.15, 0.2) is 0 Å². The first-order chi connectivity index (χ1) is 3.80. The van der Waals surface area contributed by atoms with Gasteiger partial charge in [-0.2, -0.15) is 0 Å². The maximum absolute atomic E-state index is 7.28. The van der Waals surface area contributed by atoms with Gasteiger partial charge < -0.3 is 9.64 Å². The zero-order valence-corrected chi connectivity index (χ0v) is 4.55. The topological polar surface area (TPSA) is 12.5 Å². The van der Waals surface area contributed by atoms with E-state index in [1.54, 1.807) is 0 Å². The number of ether oxygens (including phenoxy) is 1. The number of rotatable bonds is 0. The lowest BCUT2D eigenvalue weighted by Gasteiger charge is -2.21. The smallest absolute Gasteiger partial charge is 0.0594 e. The maximum Gasteiger partial charge on any atom is 0.0594 e. The second-order valence-corrected chi connectivity index (χ2v) is 1.74. The van der Waals surface area contributed by atoms with E-state index in [4.69, 9.17) is 6.11 Å². The van der Waals surface area contributed by atoms with Crippen LogP contribution in [0.4, 0.5) is 0 Å². The van der Waals surface area contributed by atoms with Gasteiger partial charge in [0.25, 0.3) is 0 Å². The van der Waals surface area contributed by atoms with Gasteiger partial charge in [0.05, 0.1) is 13.2 Å². The Morgan fingerprint density at radius 2 is 2.57 bits per heavy atom. The number of likely N-dealkylation sites (N-methyl/N-ethyl adjacent to an activating group) is 1. The molecule has 1 unspecified atom stereocenters. The third-order valence-corrected chi connectivity index (χ3v) is 1.09. The maximum atomic E-state index is 7.28. The monoisotopic (exact) mass is 102 g/mol. The molecule has 2 heteroatoms. The molecule has 1 rings (SSSR count). The number of hydrogen-bond donors (Lipinski definition) is 0. The first-order valence-corrected chi connectivity index (χ1v) is 2.51. The van der Waals surface area contributed by atoms with E-state index in [2.05, 4.69) is 0 Å². The van der Waals surface area contributed by atoms with E-state index in [0.717, 1.165) is 13.2 Å². The minimum Gasteiger partial charge on any atom is -0.379 e. The van der Waals surface area contributed by atoms with Crippen molar-refractivity contribution in [3.63, 3.8) is 0 Å². The largest absolute Gasteiger partial charge is 0.379 e. The van der Waals surface area contributed by atoms with E-state index < -0.39 is 0 Å². The molecule has 1 aliphatic rings. The molecule has 0 saturated carbocycles. The number of morpholine rings is 1. The zero-order chi connectivity index (χ0) is 5.98. The Hall–Kier alpha value is -0.0800. The third kappa shape index (κ3) is 1.45. The summed E-state index contributed by atoms with van der Waals surface area (Å²) >= 11 is 0. The van der Waals surface area contributed by atoms with Crippen LogP contribution in [0.1, 0.15) is 1.37 Å². The second kappa shape index (κ2) is 2.28.